The summed E-state index contributed by atoms with van der Waals surface area (Å²) >= 11 is 0. The molecule has 2 nitrogen and oxygen atoms in total. The van der Waals surface area contributed by atoms with Crippen LogP contribution in [-0.4, -0.2) is 11.0 Å². The summed E-state index contributed by atoms with van der Waals surface area (Å²) in [6.07, 6.45) is 9.55. The van der Waals surface area contributed by atoms with E-state index in [9.17, 15) is 0 Å². The van der Waals surface area contributed by atoms with Gasteiger partial charge in [0.1, 0.15) is 0 Å². The van der Waals surface area contributed by atoms with Crippen molar-refractivity contribution >= 4 is 5.69 Å². The van der Waals surface area contributed by atoms with E-state index in [0.29, 0.717) is 6.04 Å². The number of fused-ring (bicyclic) bond motifs is 2. The van der Waals surface area contributed by atoms with Crippen LogP contribution in [0.5, 0.6) is 0 Å². The number of nitrogens with zero attached hydrogens (tertiary/aromatic N) is 1. The van der Waals surface area contributed by atoms with Gasteiger partial charge in [-0.3, -0.25) is 4.98 Å². The van der Waals surface area contributed by atoms with Gasteiger partial charge in [0.25, 0.3) is 0 Å². The Morgan fingerprint density at radius 2 is 2.27 bits per heavy atom. The molecule has 80 valence electrons. The molecule has 0 radical (unpaired) electrons. The van der Waals surface area contributed by atoms with Crippen molar-refractivity contribution in [2.24, 2.45) is 11.8 Å². The highest BCUT2D eigenvalue weighted by atomic mass is 15.0. The van der Waals surface area contributed by atoms with E-state index in [2.05, 4.69) is 23.3 Å². The van der Waals surface area contributed by atoms with Crippen LogP contribution < -0.4 is 5.32 Å². The molecule has 15 heavy (non-hydrogen) atoms. The zero-order valence-electron chi connectivity index (χ0n) is 9.24. The second-order valence-corrected chi connectivity index (χ2v) is 5.12. The lowest BCUT2D eigenvalue weighted by Crippen LogP contribution is -2.26. The second-order valence-electron chi connectivity index (χ2n) is 5.12. The predicted molar refractivity (Wildman–Crippen MR) is 61.8 cm³/mol. The highest BCUT2D eigenvalue weighted by Gasteiger charge is 2.39. The summed E-state index contributed by atoms with van der Waals surface area (Å²) in [7, 11) is 0. The Labute approximate surface area is 91.1 Å². The molecule has 2 aliphatic rings. The van der Waals surface area contributed by atoms with Gasteiger partial charge in [0.05, 0.1) is 11.9 Å². The van der Waals surface area contributed by atoms with E-state index in [-0.39, 0.29) is 0 Å². The van der Waals surface area contributed by atoms with Crippen LogP contribution in [0.4, 0.5) is 5.69 Å². The topological polar surface area (TPSA) is 24.9 Å². The molecular formula is C13H18N2. The first-order valence-corrected chi connectivity index (χ1v) is 6.00. The zero-order chi connectivity index (χ0) is 10.3. The fourth-order valence-electron chi connectivity index (χ4n) is 3.24. The third-order valence-corrected chi connectivity index (χ3v) is 4.12. The maximum Gasteiger partial charge on any atom is 0.0558 e. The molecule has 2 saturated carbocycles. The van der Waals surface area contributed by atoms with Gasteiger partial charge in [-0.1, -0.05) is 6.42 Å². The number of aromatic nitrogens is 1. The number of nitrogens with one attached hydrogen (secondary N) is 1. The summed E-state index contributed by atoms with van der Waals surface area (Å²) in [6, 6.07) is 2.79. The third-order valence-electron chi connectivity index (χ3n) is 4.12. The lowest BCUT2D eigenvalue weighted by atomic mass is 9.95. The number of rotatable bonds is 2. The molecule has 0 saturated heterocycles. The average Bonchev–Trinajstić information content (AvgIpc) is 2.83. The number of hydrogen-bond donors (Lipinski definition) is 1. The van der Waals surface area contributed by atoms with Crippen molar-refractivity contribution in [3.63, 3.8) is 0 Å². The van der Waals surface area contributed by atoms with Crippen molar-refractivity contribution in [1.82, 2.24) is 4.98 Å². The molecule has 0 aromatic carbocycles. The molecule has 1 N–H and O–H groups in total. The Bertz CT molecular complexity index is 361. The number of hydrogen-bond acceptors (Lipinski definition) is 2. The van der Waals surface area contributed by atoms with Gasteiger partial charge in [-0.15, -0.1) is 0 Å². The van der Waals surface area contributed by atoms with Crippen LogP contribution in [0.25, 0.3) is 0 Å². The summed E-state index contributed by atoms with van der Waals surface area (Å²) in [5, 5.41) is 3.68. The average molecular weight is 202 g/mol. The molecule has 0 unspecified atom stereocenters. The van der Waals surface area contributed by atoms with Gasteiger partial charge in [0.15, 0.2) is 0 Å². The van der Waals surface area contributed by atoms with E-state index in [1.807, 2.05) is 12.4 Å². The minimum absolute atomic E-state index is 0.714. The number of aryl methyl sites for hydroxylation is 1. The molecule has 0 spiro atoms. The van der Waals surface area contributed by atoms with Gasteiger partial charge in [-0.2, -0.15) is 0 Å². The fourth-order valence-corrected chi connectivity index (χ4v) is 3.24. The molecule has 1 aromatic heterocycles. The summed E-state index contributed by atoms with van der Waals surface area (Å²) < 4.78 is 0. The molecule has 0 aliphatic heterocycles. The largest absolute Gasteiger partial charge is 0.381 e. The van der Waals surface area contributed by atoms with Crippen molar-refractivity contribution in [3.8, 4) is 0 Å². The third kappa shape index (κ3) is 1.62. The fraction of sp³-hybridized carbons (Fsp3) is 0.615. The second kappa shape index (κ2) is 3.51. The molecular weight excluding hydrogens is 184 g/mol. The van der Waals surface area contributed by atoms with Crippen molar-refractivity contribution in [1.29, 1.82) is 0 Å². The van der Waals surface area contributed by atoms with Gasteiger partial charge in [0, 0.05) is 12.2 Å². The minimum atomic E-state index is 0.714. The summed E-state index contributed by atoms with van der Waals surface area (Å²) in [5.41, 5.74) is 2.54. The Kier molecular flexibility index (Phi) is 2.15. The normalized spacial score (nSPS) is 33.3. The van der Waals surface area contributed by atoms with E-state index in [4.69, 9.17) is 0 Å². The van der Waals surface area contributed by atoms with E-state index >= 15 is 0 Å². The lowest BCUT2D eigenvalue weighted by Gasteiger charge is -2.24. The van der Waals surface area contributed by atoms with E-state index in [1.54, 1.807) is 0 Å². The van der Waals surface area contributed by atoms with Crippen LogP contribution in [-0.2, 0) is 0 Å². The standard InChI is InChI=1S/C13H18N2/c1-9-4-5-14-8-13(9)15-12-7-10-2-3-11(12)6-10/h4-5,8,10-12,15H,2-3,6-7H2,1H3/t10-,11+,12-/m0/s1. The summed E-state index contributed by atoms with van der Waals surface area (Å²) in [6.45, 7) is 2.15. The molecule has 2 heteroatoms. The Morgan fingerprint density at radius 3 is 2.93 bits per heavy atom. The molecule has 2 aliphatic carbocycles. The van der Waals surface area contributed by atoms with Crippen LogP contribution in [0.2, 0.25) is 0 Å². The van der Waals surface area contributed by atoms with Gasteiger partial charge in [-0.05, 0) is 49.7 Å². The Morgan fingerprint density at radius 1 is 1.33 bits per heavy atom. The van der Waals surface area contributed by atoms with Crippen molar-refractivity contribution in [3.05, 3.63) is 24.0 Å². The van der Waals surface area contributed by atoms with E-state index < -0.39 is 0 Å². The van der Waals surface area contributed by atoms with Gasteiger partial charge >= 0.3 is 0 Å². The maximum absolute atomic E-state index is 4.19. The summed E-state index contributed by atoms with van der Waals surface area (Å²) in [5.74, 6) is 1.93. The van der Waals surface area contributed by atoms with Gasteiger partial charge in [-0.25, -0.2) is 0 Å². The number of pyridine rings is 1. The molecule has 0 amide bonds. The van der Waals surface area contributed by atoms with Crippen LogP contribution >= 0.6 is 0 Å². The zero-order valence-corrected chi connectivity index (χ0v) is 9.24. The summed E-state index contributed by atoms with van der Waals surface area (Å²) in [4.78, 5) is 4.19. The first-order valence-electron chi connectivity index (χ1n) is 6.00. The highest BCUT2D eigenvalue weighted by Crippen LogP contribution is 2.45. The molecule has 1 aromatic rings. The smallest absolute Gasteiger partial charge is 0.0558 e. The van der Waals surface area contributed by atoms with Crippen LogP contribution in [0.15, 0.2) is 18.5 Å². The molecule has 2 fully saturated rings. The lowest BCUT2D eigenvalue weighted by molar-refractivity contribution is 0.439. The Hall–Kier alpha value is -1.05. The monoisotopic (exact) mass is 202 g/mol. The predicted octanol–water partition coefficient (Wildman–Crippen LogP) is 2.99. The first-order chi connectivity index (χ1) is 7.33. The molecule has 3 rings (SSSR count). The SMILES string of the molecule is Cc1ccncc1N[C@H]1C[C@H]2CC[C@@H]1C2. The van der Waals surface area contributed by atoms with Gasteiger partial charge in [0.2, 0.25) is 0 Å². The molecule has 1 heterocycles. The highest BCUT2D eigenvalue weighted by molar-refractivity contribution is 5.49. The van der Waals surface area contributed by atoms with Crippen LogP contribution in [0.1, 0.15) is 31.2 Å². The minimum Gasteiger partial charge on any atom is -0.381 e. The van der Waals surface area contributed by atoms with Crippen LogP contribution in [0.3, 0.4) is 0 Å². The quantitative estimate of drug-likeness (QED) is 0.797. The molecule has 3 atom stereocenters. The Balaban J connectivity index is 1.73. The van der Waals surface area contributed by atoms with Crippen molar-refractivity contribution in [2.45, 2.75) is 38.6 Å². The van der Waals surface area contributed by atoms with Crippen molar-refractivity contribution < 1.29 is 0 Å². The maximum atomic E-state index is 4.19. The van der Waals surface area contributed by atoms with E-state index in [1.165, 1.54) is 36.9 Å². The first kappa shape index (κ1) is 9.20. The molecule has 2 bridgehead atoms. The van der Waals surface area contributed by atoms with E-state index in [0.717, 1.165) is 11.8 Å². The van der Waals surface area contributed by atoms with Crippen molar-refractivity contribution in [2.75, 3.05) is 5.32 Å². The van der Waals surface area contributed by atoms with Gasteiger partial charge < -0.3 is 5.32 Å². The van der Waals surface area contributed by atoms with Crippen LogP contribution in [0, 0.1) is 18.8 Å². The number of anilines is 1.